The lowest BCUT2D eigenvalue weighted by atomic mass is 10.2. The number of esters is 1. The van der Waals surface area contributed by atoms with Crippen LogP contribution in [0.1, 0.15) is 30.8 Å². The normalized spacial score (nSPS) is 15.6. The van der Waals surface area contributed by atoms with E-state index < -0.39 is 23.7 Å². The van der Waals surface area contributed by atoms with E-state index in [9.17, 15) is 19.5 Å². The largest absolute Gasteiger partial charge is 0.508 e. The number of aromatic hydroxyl groups is 1. The number of thioether (sulfide) groups is 1. The summed E-state index contributed by atoms with van der Waals surface area (Å²) < 4.78 is 7.02. The average Bonchev–Trinajstić information content (AvgIpc) is 3.05. The number of carbonyl (C=O) groups excluding carboxylic acids is 3. The number of ether oxygens (including phenoxy) is 1. The van der Waals surface area contributed by atoms with Crippen molar-refractivity contribution in [1.29, 1.82) is 0 Å². The van der Waals surface area contributed by atoms with Crippen molar-refractivity contribution in [2.75, 3.05) is 6.54 Å². The minimum atomic E-state index is -0.617. The number of imide groups is 1. The maximum absolute atomic E-state index is 12.6. The summed E-state index contributed by atoms with van der Waals surface area (Å²) in [6.07, 6.45) is 1.35. The van der Waals surface area contributed by atoms with Crippen LogP contribution in [-0.2, 0) is 14.3 Å². The van der Waals surface area contributed by atoms with Crippen LogP contribution in [0.4, 0.5) is 4.79 Å². The van der Waals surface area contributed by atoms with Crippen molar-refractivity contribution in [2.24, 2.45) is 0 Å². The number of hydrogen-bond donors (Lipinski definition) is 1. The molecule has 7 nitrogen and oxygen atoms in total. The second-order valence-corrected chi connectivity index (χ2v) is 7.98. The minimum Gasteiger partial charge on any atom is -0.508 e. The molecular weight excluding hydrogens is 392 g/mol. The van der Waals surface area contributed by atoms with Crippen LogP contribution in [0.5, 0.6) is 5.75 Å². The highest BCUT2D eigenvalue weighted by Crippen LogP contribution is 2.33. The lowest BCUT2D eigenvalue weighted by molar-refractivity contribution is -0.149. The molecule has 1 N–H and O–H groups in total. The second-order valence-electron chi connectivity index (χ2n) is 6.98. The summed E-state index contributed by atoms with van der Waals surface area (Å²) >= 11 is 0.808. The van der Waals surface area contributed by atoms with Crippen LogP contribution in [0.15, 0.2) is 35.2 Å². The highest BCUT2D eigenvalue weighted by atomic mass is 32.2. The third-order valence-electron chi connectivity index (χ3n) is 4.39. The number of aromatic nitrogens is 1. The Kier molecular flexibility index (Phi) is 5.83. The molecule has 3 rings (SSSR count). The number of amides is 2. The molecule has 0 aliphatic carbocycles. The quantitative estimate of drug-likeness (QED) is 0.592. The van der Waals surface area contributed by atoms with Gasteiger partial charge in [0.2, 0.25) is 0 Å². The SMILES string of the molecule is Cc1cc(/C=C2\SC(=O)N(CC(=O)OC(C)C)C2=O)c(C)n1-c1ccc(O)cc1. The minimum absolute atomic E-state index is 0.182. The first-order valence-electron chi connectivity index (χ1n) is 9.10. The smallest absolute Gasteiger partial charge is 0.326 e. The number of phenols is 1. The molecule has 1 fully saturated rings. The molecule has 2 heterocycles. The fraction of sp³-hybridized carbons (Fsp3) is 0.286. The van der Waals surface area contributed by atoms with Crippen LogP contribution in [0.3, 0.4) is 0 Å². The van der Waals surface area contributed by atoms with E-state index >= 15 is 0 Å². The number of aryl methyl sites for hydroxylation is 1. The van der Waals surface area contributed by atoms with Crippen LogP contribution in [0, 0.1) is 13.8 Å². The summed E-state index contributed by atoms with van der Waals surface area (Å²) in [5.74, 6) is -0.940. The molecule has 2 aromatic rings. The standard InChI is InChI=1S/C21H22N2O5S/c1-12(2)28-19(25)11-22-20(26)18(29-21(22)27)10-15-9-13(3)23(14(15)4)16-5-7-17(24)8-6-16/h5-10,12,24H,11H2,1-4H3/b18-10-. The maximum atomic E-state index is 12.6. The molecule has 0 atom stereocenters. The number of nitrogens with zero attached hydrogens (tertiary/aromatic N) is 2. The van der Waals surface area contributed by atoms with Crippen molar-refractivity contribution in [3.63, 3.8) is 0 Å². The van der Waals surface area contributed by atoms with E-state index in [-0.39, 0.29) is 16.8 Å². The molecule has 1 aliphatic heterocycles. The van der Waals surface area contributed by atoms with Gasteiger partial charge in [0.15, 0.2) is 0 Å². The molecule has 1 aromatic heterocycles. The molecule has 0 spiro atoms. The Labute approximate surface area is 173 Å². The summed E-state index contributed by atoms with van der Waals surface area (Å²) in [6, 6.07) is 8.73. The topological polar surface area (TPSA) is 88.8 Å². The zero-order valence-corrected chi connectivity index (χ0v) is 17.4. The lowest BCUT2D eigenvalue weighted by Crippen LogP contribution is -2.35. The van der Waals surface area contributed by atoms with E-state index in [0.29, 0.717) is 0 Å². The van der Waals surface area contributed by atoms with Gasteiger partial charge in [-0.1, -0.05) is 0 Å². The fourth-order valence-electron chi connectivity index (χ4n) is 3.14. The van der Waals surface area contributed by atoms with Crippen LogP contribution in [0.25, 0.3) is 11.8 Å². The van der Waals surface area contributed by atoms with Crippen molar-refractivity contribution in [3.8, 4) is 11.4 Å². The van der Waals surface area contributed by atoms with Gasteiger partial charge in [-0.05, 0) is 81.4 Å². The molecule has 152 valence electrons. The Hall–Kier alpha value is -3.00. The fourth-order valence-corrected chi connectivity index (χ4v) is 3.97. The predicted molar refractivity (Wildman–Crippen MR) is 111 cm³/mol. The van der Waals surface area contributed by atoms with Gasteiger partial charge in [-0.15, -0.1) is 0 Å². The molecule has 1 saturated heterocycles. The first-order chi connectivity index (χ1) is 13.7. The first kappa shape index (κ1) is 20.7. The molecule has 1 aliphatic rings. The molecule has 0 saturated carbocycles. The summed E-state index contributed by atoms with van der Waals surface area (Å²) in [4.78, 5) is 37.8. The monoisotopic (exact) mass is 414 g/mol. The van der Waals surface area contributed by atoms with Gasteiger partial charge in [-0.3, -0.25) is 19.3 Å². The third kappa shape index (κ3) is 4.37. The van der Waals surface area contributed by atoms with Crippen molar-refractivity contribution in [3.05, 3.63) is 52.2 Å². The number of benzene rings is 1. The average molecular weight is 414 g/mol. The molecule has 29 heavy (non-hydrogen) atoms. The zero-order valence-electron chi connectivity index (χ0n) is 16.6. The number of rotatable bonds is 5. The van der Waals surface area contributed by atoms with Crippen molar-refractivity contribution < 1.29 is 24.2 Å². The first-order valence-corrected chi connectivity index (χ1v) is 9.92. The third-order valence-corrected chi connectivity index (χ3v) is 5.30. The van der Waals surface area contributed by atoms with Crippen molar-refractivity contribution >= 4 is 35.0 Å². The Morgan fingerprint density at radius 2 is 1.86 bits per heavy atom. The van der Waals surface area contributed by atoms with Gasteiger partial charge in [0.1, 0.15) is 12.3 Å². The highest BCUT2D eigenvalue weighted by molar-refractivity contribution is 8.18. The van der Waals surface area contributed by atoms with Crippen molar-refractivity contribution in [2.45, 2.75) is 33.8 Å². The van der Waals surface area contributed by atoms with E-state index in [4.69, 9.17) is 4.74 Å². The van der Waals surface area contributed by atoms with Crippen molar-refractivity contribution in [1.82, 2.24) is 9.47 Å². The van der Waals surface area contributed by atoms with Crippen LogP contribution < -0.4 is 0 Å². The van der Waals surface area contributed by atoms with E-state index in [0.717, 1.165) is 39.3 Å². The summed E-state index contributed by atoms with van der Waals surface area (Å²) in [6.45, 7) is 6.86. The van der Waals surface area contributed by atoms with E-state index in [1.807, 2.05) is 24.5 Å². The molecular formula is C21H22N2O5S. The van der Waals surface area contributed by atoms with Gasteiger partial charge in [0.25, 0.3) is 11.1 Å². The zero-order chi connectivity index (χ0) is 21.3. The molecule has 0 bridgehead atoms. The van der Waals surface area contributed by atoms with Crippen LogP contribution in [0.2, 0.25) is 0 Å². The number of carbonyl (C=O) groups is 3. The Morgan fingerprint density at radius 1 is 1.21 bits per heavy atom. The van der Waals surface area contributed by atoms with E-state index in [1.165, 1.54) is 0 Å². The molecule has 8 heteroatoms. The summed E-state index contributed by atoms with van der Waals surface area (Å²) in [7, 11) is 0. The van der Waals surface area contributed by atoms with Gasteiger partial charge >= 0.3 is 5.97 Å². The number of phenolic OH excluding ortho intramolecular Hbond substituents is 1. The highest BCUT2D eigenvalue weighted by Gasteiger charge is 2.37. The van der Waals surface area contributed by atoms with Gasteiger partial charge in [0, 0.05) is 17.1 Å². The van der Waals surface area contributed by atoms with Gasteiger partial charge < -0.3 is 14.4 Å². The summed E-state index contributed by atoms with van der Waals surface area (Å²) in [5.41, 5.74) is 3.51. The van der Waals surface area contributed by atoms with E-state index in [1.54, 1.807) is 44.2 Å². The Bertz CT molecular complexity index is 1000. The van der Waals surface area contributed by atoms with Crippen LogP contribution >= 0.6 is 11.8 Å². The Balaban J connectivity index is 1.86. The summed E-state index contributed by atoms with van der Waals surface area (Å²) in [5, 5.41) is 9.01. The van der Waals surface area contributed by atoms with Gasteiger partial charge in [-0.2, -0.15) is 0 Å². The lowest BCUT2D eigenvalue weighted by Gasteiger charge is -2.13. The molecule has 0 radical (unpaired) electrons. The molecule has 2 amide bonds. The van der Waals surface area contributed by atoms with Gasteiger partial charge in [-0.25, -0.2) is 0 Å². The van der Waals surface area contributed by atoms with Crippen LogP contribution in [-0.4, -0.2) is 44.3 Å². The molecule has 0 unspecified atom stereocenters. The molecule has 1 aromatic carbocycles. The van der Waals surface area contributed by atoms with Gasteiger partial charge in [0.05, 0.1) is 11.0 Å². The number of hydrogen-bond acceptors (Lipinski definition) is 6. The predicted octanol–water partition coefficient (Wildman–Crippen LogP) is 3.79. The van der Waals surface area contributed by atoms with E-state index in [2.05, 4.69) is 0 Å². The maximum Gasteiger partial charge on any atom is 0.326 e. The second kappa shape index (κ2) is 8.16. The Morgan fingerprint density at radius 3 is 2.48 bits per heavy atom.